The molecule has 0 bridgehead atoms. The number of rotatable bonds is 10. The van der Waals surface area contributed by atoms with Gasteiger partial charge in [-0.2, -0.15) is 0 Å². The van der Waals surface area contributed by atoms with E-state index in [0.717, 1.165) is 37.3 Å². The highest BCUT2D eigenvalue weighted by Crippen LogP contribution is 2.36. The maximum atomic E-state index is 5.79. The van der Waals surface area contributed by atoms with Crippen molar-refractivity contribution in [1.82, 2.24) is 0 Å². The lowest BCUT2D eigenvalue weighted by atomic mass is 9.89. The molecule has 114 valence electrons. The van der Waals surface area contributed by atoms with Gasteiger partial charge in [0.05, 0.1) is 13.2 Å². The second-order valence-electron chi connectivity index (χ2n) is 4.98. The molecule has 1 aromatic carbocycles. The molecule has 0 saturated heterocycles. The summed E-state index contributed by atoms with van der Waals surface area (Å²) >= 11 is 0. The molecule has 0 aliphatic carbocycles. The second kappa shape index (κ2) is 9.65. The van der Waals surface area contributed by atoms with Crippen molar-refractivity contribution < 1.29 is 9.47 Å². The molecule has 0 aliphatic heterocycles. The van der Waals surface area contributed by atoms with Crippen LogP contribution in [0.25, 0.3) is 0 Å². The zero-order valence-electron chi connectivity index (χ0n) is 13.2. The van der Waals surface area contributed by atoms with Gasteiger partial charge in [0, 0.05) is 5.56 Å². The first-order valence-electron chi connectivity index (χ1n) is 7.86. The fourth-order valence-corrected chi connectivity index (χ4v) is 2.56. The van der Waals surface area contributed by atoms with Crippen molar-refractivity contribution in [3.05, 3.63) is 23.8 Å². The summed E-state index contributed by atoms with van der Waals surface area (Å²) in [6.45, 7) is 8.38. The molecule has 1 atom stereocenters. The fraction of sp³-hybridized carbons (Fsp3) is 0.647. The third-order valence-electron chi connectivity index (χ3n) is 3.43. The molecule has 0 fully saturated rings. The average molecular weight is 279 g/mol. The van der Waals surface area contributed by atoms with Crippen LogP contribution in [0.4, 0.5) is 0 Å². The molecular weight excluding hydrogens is 250 g/mol. The summed E-state index contributed by atoms with van der Waals surface area (Å²) in [6.07, 6.45) is 4.49. The summed E-state index contributed by atoms with van der Waals surface area (Å²) in [5, 5.41) is 0. The zero-order chi connectivity index (χ0) is 14.8. The lowest BCUT2D eigenvalue weighted by Gasteiger charge is -2.21. The van der Waals surface area contributed by atoms with Gasteiger partial charge in [-0.3, -0.25) is 0 Å². The Kier molecular flexibility index (Phi) is 8.12. The minimum absolute atomic E-state index is 0.505. The summed E-state index contributed by atoms with van der Waals surface area (Å²) in [4.78, 5) is 0. The number of ether oxygens (including phenoxy) is 2. The largest absolute Gasteiger partial charge is 0.494 e. The van der Waals surface area contributed by atoms with E-state index in [9.17, 15) is 0 Å². The van der Waals surface area contributed by atoms with Gasteiger partial charge < -0.3 is 15.2 Å². The van der Waals surface area contributed by atoms with Crippen molar-refractivity contribution in [3.63, 3.8) is 0 Å². The minimum Gasteiger partial charge on any atom is -0.494 e. The average Bonchev–Trinajstić information content (AvgIpc) is 2.46. The Balaban J connectivity index is 3.02. The van der Waals surface area contributed by atoms with Crippen molar-refractivity contribution in [3.8, 4) is 11.5 Å². The van der Waals surface area contributed by atoms with Crippen LogP contribution in [0, 0.1) is 0 Å². The Labute approximate surface area is 123 Å². The zero-order valence-corrected chi connectivity index (χ0v) is 13.2. The predicted octanol–water partition coefficient (Wildman–Crippen LogP) is 4.11. The maximum absolute atomic E-state index is 5.79. The molecule has 2 N–H and O–H groups in total. The van der Waals surface area contributed by atoms with Crippen LogP contribution in [0.1, 0.15) is 57.9 Å². The van der Waals surface area contributed by atoms with E-state index in [1.54, 1.807) is 0 Å². The molecule has 0 amide bonds. The summed E-state index contributed by atoms with van der Waals surface area (Å²) in [6, 6.07) is 6.17. The van der Waals surface area contributed by atoms with Crippen molar-refractivity contribution >= 4 is 0 Å². The summed E-state index contributed by atoms with van der Waals surface area (Å²) in [5.41, 5.74) is 6.94. The SMILES string of the molecule is CCCC(CCCN)c1cc(OCC)ccc1OCC. The maximum Gasteiger partial charge on any atom is 0.123 e. The summed E-state index contributed by atoms with van der Waals surface area (Å²) < 4.78 is 11.4. The van der Waals surface area contributed by atoms with E-state index in [1.165, 1.54) is 12.0 Å². The van der Waals surface area contributed by atoms with Crippen LogP contribution in [-0.4, -0.2) is 19.8 Å². The van der Waals surface area contributed by atoms with Crippen LogP contribution in [-0.2, 0) is 0 Å². The topological polar surface area (TPSA) is 44.5 Å². The lowest BCUT2D eigenvalue weighted by molar-refractivity contribution is 0.323. The number of nitrogens with two attached hydrogens (primary N) is 1. The van der Waals surface area contributed by atoms with Gasteiger partial charge in [0.1, 0.15) is 11.5 Å². The van der Waals surface area contributed by atoms with Crippen molar-refractivity contribution in [2.24, 2.45) is 5.73 Å². The molecule has 0 spiro atoms. The monoisotopic (exact) mass is 279 g/mol. The Hall–Kier alpha value is -1.22. The van der Waals surface area contributed by atoms with Gasteiger partial charge in [-0.25, -0.2) is 0 Å². The highest BCUT2D eigenvalue weighted by atomic mass is 16.5. The molecule has 1 aromatic rings. The first kappa shape index (κ1) is 16.8. The number of benzene rings is 1. The van der Waals surface area contributed by atoms with Crippen LogP contribution in [0.3, 0.4) is 0 Å². The third-order valence-corrected chi connectivity index (χ3v) is 3.43. The van der Waals surface area contributed by atoms with Gasteiger partial charge in [-0.15, -0.1) is 0 Å². The van der Waals surface area contributed by atoms with E-state index < -0.39 is 0 Å². The molecule has 3 heteroatoms. The summed E-state index contributed by atoms with van der Waals surface area (Å²) in [5.74, 6) is 2.43. The second-order valence-corrected chi connectivity index (χ2v) is 4.98. The standard InChI is InChI=1S/C17H29NO2/c1-4-8-14(9-7-12-18)16-13-15(19-5-2)10-11-17(16)20-6-3/h10-11,13-14H,4-9,12,18H2,1-3H3. The minimum atomic E-state index is 0.505. The highest BCUT2D eigenvalue weighted by Gasteiger charge is 2.16. The first-order chi connectivity index (χ1) is 9.76. The Morgan fingerprint density at radius 2 is 1.80 bits per heavy atom. The van der Waals surface area contributed by atoms with E-state index in [1.807, 2.05) is 26.0 Å². The van der Waals surface area contributed by atoms with E-state index >= 15 is 0 Å². The predicted molar refractivity (Wildman–Crippen MR) is 84.7 cm³/mol. The molecule has 20 heavy (non-hydrogen) atoms. The molecule has 0 heterocycles. The Morgan fingerprint density at radius 1 is 1.05 bits per heavy atom. The van der Waals surface area contributed by atoms with Gasteiger partial charge in [-0.05, 0) is 63.8 Å². The Morgan fingerprint density at radius 3 is 2.40 bits per heavy atom. The van der Waals surface area contributed by atoms with Gasteiger partial charge in [0.25, 0.3) is 0 Å². The van der Waals surface area contributed by atoms with Crippen LogP contribution < -0.4 is 15.2 Å². The van der Waals surface area contributed by atoms with Crippen LogP contribution in [0.2, 0.25) is 0 Å². The fourth-order valence-electron chi connectivity index (χ4n) is 2.56. The van der Waals surface area contributed by atoms with Crippen LogP contribution >= 0.6 is 0 Å². The molecule has 0 saturated carbocycles. The smallest absolute Gasteiger partial charge is 0.123 e. The molecule has 1 rings (SSSR count). The van der Waals surface area contributed by atoms with Crippen molar-refractivity contribution in [2.45, 2.75) is 52.4 Å². The van der Waals surface area contributed by atoms with Gasteiger partial charge >= 0.3 is 0 Å². The molecule has 1 unspecified atom stereocenters. The normalized spacial score (nSPS) is 12.2. The van der Waals surface area contributed by atoms with Gasteiger partial charge in [0.2, 0.25) is 0 Å². The number of hydrogen-bond acceptors (Lipinski definition) is 3. The van der Waals surface area contributed by atoms with Gasteiger partial charge in [0.15, 0.2) is 0 Å². The third kappa shape index (κ3) is 5.04. The molecule has 0 aromatic heterocycles. The lowest BCUT2D eigenvalue weighted by Crippen LogP contribution is -2.07. The van der Waals surface area contributed by atoms with Gasteiger partial charge in [-0.1, -0.05) is 13.3 Å². The molecule has 0 aliphatic rings. The van der Waals surface area contributed by atoms with E-state index in [-0.39, 0.29) is 0 Å². The first-order valence-corrected chi connectivity index (χ1v) is 7.86. The summed E-state index contributed by atoms with van der Waals surface area (Å²) in [7, 11) is 0. The van der Waals surface area contributed by atoms with E-state index in [4.69, 9.17) is 15.2 Å². The molecular formula is C17H29NO2. The number of hydrogen-bond donors (Lipinski definition) is 1. The van der Waals surface area contributed by atoms with E-state index in [0.29, 0.717) is 19.1 Å². The molecule has 3 nitrogen and oxygen atoms in total. The highest BCUT2D eigenvalue weighted by molar-refractivity contribution is 5.42. The molecule has 0 radical (unpaired) electrons. The van der Waals surface area contributed by atoms with Crippen LogP contribution in [0.15, 0.2) is 18.2 Å². The quantitative estimate of drug-likeness (QED) is 0.701. The van der Waals surface area contributed by atoms with Crippen LogP contribution in [0.5, 0.6) is 11.5 Å². The Bertz CT molecular complexity index is 379. The van der Waals surface area contributed by atoms with Crippen molar-refractivity contribution in [2.75, 3.05) is 19.8 Å². The van der Waals surface area contributed by atoms with E-state index in [2.05, 4.69) is 13.0 Å². The van der Waals surface area contributed by atoms with Crippen molar-refractivity contribution in [1.29, 1.82) is 0 Å².